The SMILES string of the molecule is CCC(=O)[C@H](C)C(=O)O[C@H]([C@H](C)C(=O)CC)[C@H](C)C(=O)[C@@H](C)CC. The van der Waals surface area contributed by atoms with E-state index in [-0.39, 0.29) is 29.7 Å². The lowest BCUT2D eigenvalue weighted by Crippen LogP contribution is -2.42. The van der Waals surface area contributed by atoms with Crippen molar-refractivity contribution in [2.75, 3.05) is 0 Å². The van der Waals surface area contributed by atoms with Crippen molar-refractivity contribution in [1.29, 1.82) is 0 Å². The van der Waals surface area contributed by atoms with Crippen LogP contribution in [0.4, 0.5) is 0 Å². The lowest BCUT2D eigenvalue weighted by molar-refractivity contribution is -0.163. The number of esters is 1. The molecule has 0 heterocycles. The van der Waals surface area contributed by atoms with Crippen LogP contribution in [0.15, 0.2) is 0 Å². The molecular formula is C19H32O5. The third-order valence-corrected chi connectivity index (χ3v) is 4.83. The average molecular weight is 340 g/mol. The fraction of sp³-hybridized carbons (Fsp3) is 0.789. The van der Waals surface area contributed by atoms with E-state index in [0.717, 1.165) is 0 Å². The summed E-state index contributed by atoms with van der Waals surface area (Å²) in [6, 6.07) is 0. The van der Waals surface area contributed by atoms with Crippen molar-refractivity contribution in [1.82, 2.24) is 0 Å². The van der Waals surface area contributed by atoms with Gasteiger partial charge in [0.15, 0.2) is 0 Å². The van der Waals surface area contributed by atoms with E-state index in [4.69, 9.17) is 4.74 Å². The van der Waals surface area contributed by atoms with Crippen molar-refractivity contribution >= 4 is 23.3 Å². The van der Waals surface area contributed by atoms with E-state index in [1.165, 1.54) is 6.92 Å². The van der Waals surface area contributed by atoms with Gasteiger partial charge in [0.2, 0.25) is 0 Å². The summed E-state index contributed by atoms with van der Waals surface area (Å²) in [5.41, 5.74) is 0. The quantitative estimate of drug-likeness (QED) is 0.425. The third-order valence-electron chi connectivity index (χ3n) is 4.83. The maximum absolute atomic E-state index is 12.5. The van der Waals surface area contributed by atoms with Crippen LogP contribution >= 0.6 is 0 Å². The predicted octanol–water partition coefficient (Wildman–Crippen LogP) is 3.38. The van der Waals surface area contributed by atoms with Crippen molar-refractivity contribution in [2.45, 2.75) is 73.8 Å². The molecule has 5 nitrogen and oxygen atoms in total. The number of hydrogen-bond acceptors (Lipinski definition) is 5. The van der Waals surface area contributed by atoms with Gasteiger partial charge in [-0.15, -0.1) is 0 Å². The van der Waals surface area contributed by atoms with Crippen LogP contribution < -0.4 is 0 Å². The Labute approximate surface area is 145 Å². The summed E-state index contributed by atoms with van der Waals surface area (Å²) >= 11 is 0. The Kier molecular flexibility index (Phi) is 9.71. The minimum absolute atomic E-state index is 0.0273. The normalized spacial score (nSPS) is 17.3. The number of hydrogen-bond donors (Lipinski definition) is 0. The highest BCUT2D eigenvalue weighted by atomic mass is 16.5. The zero-order chi connectivity index (χ0) is 19.0. The monoisotopic (exact) mass is 340 g/mol. The van der Waals surface area contributed by atoms with Crippen molar-refractivity contribution in [2.24, 2.45) is 23.7 Å². The number of Topliss-reactive ketones (excluding diaryl/α,β-unsaturated/α-hetero) is 3. The molecule has 0 fully saturated rings. The molecule has 0 spiro atoms. The van der Waals surface area contributed by atoms with Gasteiger partial charge in [-0.05, 0) is 13.3 Å². The van der Waals surface area contributed by atoms with Gasteiger partial charge in [-0.25, -0.2) is 0 Å². The van der Waals surface area contributed by atoms with E-state index in [2.05, 4.69) is 0 Å². The predicted molar refractivity (Wildman–Crippen MR) is 92.4 cm³/mol. The van der Waals surface area contributed by atoms with Gasteiger partial charge in [-0.3, -0.25) is 19.2 Å². The van der Waals surface area contributed by atoms with Crippen molar-refractivity contribution in [3.8, 4) is 0 Å². The van der Waals surface area contributed by atoms with E-state index in [1.54, 1.807) is 27.7 Å². The van der Waals surface area contributed by atoms with Gasteiger partial charge in [0.25, 0.3) is 0 Å². The molecule has 0 radical (unpaired) electrons. The first kappa shape index (κ1) is 22.5. The summed E-state index contributed by atoms with van der Waals surface area (Å²) < 4.78 is 5.50. The number of ether oxygens (including phenoxy) is 1. The lowest BCUT2D eigenvalue weighted by atomic mass is 9.82. The second-order valence-electron chi connectivity index (χ2n) is 6.55. The van der Waals surface area contributed by atoms with Crippen molar-refractivity contribution in [3.05, 3.63) is 0 Å². The van der Waals surface area contributed by atoms with Crippen LogP contribution in [-0.4, -0.2) is 29.4 Å². The van der Waals surface area contributed by atoms with Crippen LogP contribution in [0.25, 0.3) is 0 Å². The molecule has 24 heavy (non-hydrogen) atoms. The first-order valence-electron chi connectivity index (χ1n) is 8.91. The summed E-state index contributed by atoms with van der Waals surface area (Å²) in [6.07, 6.45) is 0.401. The highest BCUT2D eigenvalue weighted by Crippen LogP contribution is 2.25. The van der Waals surface area contributed by atoms with Crippen molar-refractivity contribution in [3.63, 3.8) is 0 Å². The van der Waals surface area contributed by atoms with Gasteiger partial charge in [-0.1, -0.05) is 41.5 Å². The van der Waals surface area contributed by atoms with Crippen LogP contribution in [0.2, 0.25) is 0 Å². The summed E-state index contributed by atoms with van der Waals surface area (Å²) in [5, 5.41) is 0. The minimum Gasteiger partial charge on any atom is -0.460 e. The van der Waals surface area contributed by atoms with E-state index in [9.17, 15) is 19.2 Å². The highest BCUT2D eigenvalue weighted by molar-refractivity contribution is 5.98. The van der Waals surface area contributed by atoms with Gasteiger partial charge >= 0.3 is 5.97 Å². The molecule has 0 amide bonds. The van der Waals surface area contributed by atoms with Crippen LogP contribution in [0, 0.1) is 23.7 Å². The van der Waals surface area contributed by atoms with Gasteiger partial charge in [0.1, 0.15) is 29.4 Å². The molecule has 0 aromatic rings. The molecule has 0 aliphatic carbocycles. The van der Waals surface area contributed by atoms with Gasteiger partial charge in [0.05, 0.1) is 11.8 Å². The van der Waals surface area contributed by atoms with Crippen LogP contribution in [0.3, 0.4) is 0 Å². The first-order valence-corrected chi connectivity index (χ1v) is 8.91. The zero-order valence-corrected chi connectivity index (χ0v) is 16.0. The Bertz CT molecular complexity index is 468. The van der Waals surface area contributed by atoms with Crippen LogP contribution in [0.5, 0.6) is 0 Å². The van der Waals surface area contributed by atoms with Gasteiger partial charge in [0, 0.05) is 18.8 Å². The molecule has 0 N–H and O–H groups in total. The maximum Gasteiger partial charge on any atom is 0.316 e. The highest BCUT2D eigenvalue weighted by Gasteiger charge is 2.37. The summed E-state index contributed by atoms with van der Waals surface area (Å²) in [4.78, 5) is 48.6. The molecule has 0 saturated heterocycles. The lowest BCUT2D eigenvalue weighted by Gasteiger charge is -2.30. The standard InChI is InChI=1S/C19H32O5/c1-8-11(4)17(22)14(7)18(12(5)15(20)9-2)24-19(23)13(6)16(21)10-3/h11-14,18H,8-10H2,1-7H3/t11-,12+,13-,14+,18+/m0/s1. The summed E-state index contributed by atoms with van der Waals surface area (Å²) in [7, 11) is 0. The van der Waals surface area contributed by atoms with Crippen LogP contribution in [-0.2, 0) is 23.9 Å². The molecule has 138 valence electrons. The van der Waals surface area contributed by atoms with E-state index < -0.39 is 29.8 Å². The Morgan fingerprint density at radius 3 is 1.71 bits per heavy atom. The number of carbonyl (C=O) groups is 4. The molecular weight excluding hydrogens is 308 g/mol. The molecule has 0 rings (SSSR count). The molecule has 5 atom stereocenters. The number of ketones is 3. The Morgan fingerprint density at radius 2 is 1.29 bits per heavy atom. The Morgan fingerprint density at radius 1 is 0.792 bits per heavy atom. The van der Waals surface area contributed by atoms with Gasteiger partial charge < -0.3 is 4.74 Å². The summed E-state index contributed by atoms with van der Waals surface area (Å²) in [5.74, 6) is -3.18. The molecule has 0 unspecified atom stereocenters. The molecule has 0 bridgehead atoms. The second-order valence-corrected chi connectivity index (χ2v) is 6.55. The molecule has 0 saturated carbocycles. The van der Waals surface area contributed by atoms with E-state index in [0.29, 0.717) is 12.8 Å². The minimum atomic E-state index is -0.882. The molecule has 5 heteroatoms. The van der Waals surface area contributed by atoms with E-state index in [1.807, 2.05) is 13.8 Å². The Balaban J connectivity index is 5.41. The maximum atomic E-state index is 12.5. The van der Waals surface area contributed by atoms with Crippen LogP contribution in [0.1, 0.15) is 67.7 Å². The summed E-state index contributed by atoms with van der Waals surface area (Å²) in [6.45, 7) is 12.0. The topological polar surface area (TPSA) is 77.5 Å². The number of carbonyl (C=O) groups excluding carboxylic acids is 4. The first-order chi connectivity index (χ1) is 11.1. The van der Waals surface area contributed by atoms with E-state index >= 15 is 0 Å². The molecule has 0 aliphatic heterocycles. The smallest absolute Gasteiger partial charge is 0.316 e. The van der Waals surface area contributed by atoms with Gasteiger partial charge in [-0.2, -0.15) is 0 Å². The average Bonchev–Trinajstić information content (AvgIpc) is 2.60. The van der Waals surface area contributed by atoms with Crippen molar-refractivity contribution < 1.29 is 23.9 Å². The second kappa shape index (κ2) is 10.4. The largest absolute Gasteiger partial charge is 0.460 e. The fourth-order valence-electron chi connectivity index (χ4n) is 2.63. The Hall–Kier alpha value is -1.52. The molecule has 0 aliphatic rings. The zero-order valence-electron chi connectivity index (χ0n) is 16.0. The molecule has 0 aromatic carbocycles. The molecule has 0 aromatic heterocycles. The fourth-order valence-corrected chi connectivity index (χ4v) is 2.63. The number of rotatable bonds is 11. The third kappa shape index (κ3) is 5.84.